The van der Waals surface area contributed by atoms with Crippen LogP contribution in [0.2, 0.25) is 0 Å². The van der Waals surface area contributed by atoms with Gasteiger partial charge in [0.15, 0.2) is 0 Å². The van der Waals surface area contributed by atoms with Gasteiger partial charge in [-0.2, -0.15) is 0 Å². The standard InChI is InChI=1S/C56H35N3.Ni/c1-6-16-37(17-7-1)38-26-28-43-44(29-27-38)46-36-45(43)53(39-18-8-2-9-19-39)47-30-32-49(57-47)55(41-22-12-4-13-23-41)51-34-35-52(59-51)56(42-24-14-5-15-25-42)50-33-31-48(58-50)54(46)40-20-10-3-11-21-40;/h1-35H;/q-2;+2. The summed E-state index contributed by atoms with van der Waals surface area (Å²) in [5, 5.41) is 1.71. The molecule has 3 nitrogen and oxygen atoms in total. The van der Waals surface area contributed by atoms with Crippen molar-refractivity contribution >= 4 is 33.7 Å². The van der Waals surface area contributed by atoms with E-state index in [2.05, 4.69) is 206 Å². The molecule has 0 amide bonds. The molecular formula is C56H35N3Ni. The van der Waals surface area contributed by atoms with Gasteiger partial charge in [-0.05, 0) is 68.8 Å². The summed E-state index contributed by atoms with van der Waals surface area (Å²) in [7, 11) is 0. The molecule has 1 aromatic heterocycles. The van der Waals surface area contributed by atoms with E-state index >= 15 is 0 Å². The van der Waals surface area contributed by atoms with Crippen LogP contribution in [0.4, 0.5) is 0 Å². The number of benzene rings is 5. The fourth-order valence-electron chi connectivity index (χ4n) is 8.53. The SMILES string of the molecule is [Ni+2].[c-]1c2c3ccc(-c4ccccc4)ccc-3c1C(c1ccccc1)=C1C=CC(=N1)C(c1ccccc1)=c1ccc([n-]1)=C(c1ccccc1)C1=NC(=C2c2ccccc2)C=C1. The number of allylic oxidation sites excluding steroid dienone is 4. The average Bonchev–Trinajstić information content (AvgIpc) is 4.11. The Morgan fingerprint density at radius 1 is 0.317 bits per heavy atom. The minimum absolute atomic E-state index is 0. The average molecular weight is 809 g/mol. The first-order chi connectivity index (χ1) is 29.3. The van der Waals surface area contributed by atoms with Gasteiger partial charge in [0.25, 0.3) is 0 Å². The quantitative estimate of drug-likeness (QED) is 0.126. The summed E-state index contributed by atoms with van der Waals surface area (Å²) in [5.41, 5.74) is 18.1. The zero-order valence-electron chi connectivity index (χ0n) is 32.4. The third kappa shape index (κ3) is 6.58. The second-order valence-corrected chi connectivity index (χ2v) is 14.8. The molecule has 0 radical (unpaired) electrons. The monoisotopic (exact) mass is 807 g/mol. The zero-order valence-corrected chi connectivity index (χ0v) is 33.4. The Morgan fingerprint density at radius 2 is 0.650 bits per heavy atom. The summed E-state index contributed by atoms with van der Waals surface area (Å²) in [4.78, 5) is 16.4. The van der Waals surface area contributed by atoms with E-state index in [4.69, 9.17) is 15.0 Å². The second-order valence-electron chi connectivity index (χ2n) is 14.8. The van der Waals surface area contributed by atoms with Crippen LogP contribution >= 0.6 is 0 Å². The van der Waals surface area contributed by atoms with Crippen molar-refractivity contribution in [2.45, 2.75) is 0 Å². The van der Waals surface area contributed by atoms with Crippen molar-refractivity contribution in [2.75, 3.05) is 0 Å². The van der Waals surface area contributed by atoms with Crippen LogP contribution in [-0.2, 0) is 16.5 Å². The van der Waals surface area contributed by atoms with E-state index < -0.39 is 0 Å². The third-order valence-electron chi connectivity index (χ3n) is 11.3. The van der Waals surface area contributed by atoms with Crippen molar-refractivity contribution in [3.05, 3.63) is 274 Å². The van der Waals surface area contributed by atoms with Gasteiger partial charge in [0.1, 0.15) is 0 Å². The molecule has 0 atom stereocenters. The molecule has 2 aliphatic carbocycles. The van der Waals surface area contributed by atoms with Gasteiger partial charge in [-0.1, -0.05) is 199 Å². The van der Waals surface area contributed by atoms with E-state index in [1.807, 2.05) is 12.1 Å². The van der Waals surface area contributed by atoms with Crippen molar-refractivity contribution in [3.63, 3.8) is 0 Å². The number of fused-ring (bicyclic) bond motifs is 9. The van der Waals surface area contributed by atoms with Crippen molar-refractivity contribution < 1.29 is 16.5 Å². The molecule has 8 bridgehead atoms. The van der Waals surface area contributed by atoms with E-state index in [0.717, 1.165) is 111 Å². The first kappa shape index (κ1) is 36.9. The Balaban J connectivity index is 0.00000433. The molecule has 284 valence electrons. The van der Waals surface area contributed by atoms with Crippen LogP contribution in [0.1, 0.15) is 33.4 Å². The third-order valence-corrected chi connectivity index (χ3v) is 11.3. The first-order valence-electron chi connectivity index (χ1n) is 19.9. The van der Waals surface area contributed by atoms with Crippen LogP contribution in [0.5, 0.6) is 0 Å². The van der Waals surface area contributed by atoms with E-state index in [1.165, 1.54) is 0 Å². The summed E-state index contributed by atoms with van der Waals surface area (Å²) < 4.78 is 0. The minimum atomic E-state index is 0. The van der Waals surface area contributed by atoms with Gasteiger partial charge >= 0.3 is 16.5 Å². The molecule has 0 spiro atoms. The Labute approximate surface area is 359 Å². The van der Waals surface area contributed by atoms with Gasteiger partial charge in [-0.3, -0.25) is 9.98 Å². The molecule has 11 rings (SSSR count). The fraction of sp³-hybridized carbons (Fsp3) is 0. The van der Waals surface area contributed by atoms with Crippen LogP contribution in [0.25, 0.3) is 44.5 Å². The molecule has 0 unspecified atom stereocenters. The molecule has 6 aromatic rings. The fourth-order valence-corrected chi connectivity index (χ4v) is 8.53. The molecule has 4 heterocycles. The molecule has 5 aliphatic rings. The number of rotatable bonds is 5. The van der Waals surface area contributed by atoms with Crippen LogP contribution in [0.15, 0.2) is 234 Å². The molecule has 4 heteroatoms. The summed E-state index contributed by atoms with van der Waals surface area (Å²) in [6, 6.07) is 70.0. The van der Waals surface area contributed by atoms with Crippen LogP contribution in [0.3, 0.4) is 0 Å². The molecular weight excluding hydrogens is 773 g/mol. The smallest absolute Gasteiger partial charge is 0.657 e. The second kappa shape index (κ2) is 15.8. The van der Waals surface area contributed by atoms with Gasteiger partial charge in [0, 0.05) is 11.4 Å². The molecule has 0 N–H and O–H groups in total. The molecule has 0 saturated heterocycles. The van der Waals surface area contributed by atoms with Crippen LogP contribution in [0, 0.1) is 6.07 Å². The van der Waals surface area contributed by atoms with Gasteiger partial charge in [0.2, 0.25) is 0 Å². The number of hydrogen-bond acceptors (Lipinski definition) is 2. The number of aromatic nitrogens is 1. The van der Waals surface area contributed by atoms with Gasteiger partial charge in [-0.15, -0.1) is 39.0 Å². The summed E-state index contributed by atoms with van der Waals surface area (Å²) in [6.07, 6.45) is 8.59. The summed E-state index contributed by atoms with van der Waals surface area (Å²) >= 11 is 0. The first-order valence-corrected chi connectivity index (χ1v) is 19.9. The Hall–Kier alpha value is -7.39. The van der Waals surface area contributed by atoms with Crippen LogP contribution in [-0.4, -0.2) is 11.4 Å². The van der Waals surface area contributed by atoms with E-state index in [1.54, 1.807) is 0 Å². The maximum absolute atomic E-state index is 5.52. The molecule has 5 aromatic carbocycles. The number of hydrogen-bond donors (Lipinski definition) is 0. The topological polar surface area (TPSA) is 38.8 Å². The zero-order chi connectivity index (χ0) is 39.1. The molecule has 3 aliphatic heterocycles. The van der Waals surface area contributed by atoms with Gasteiger partial charge in [0.05, 0.1) is 11.4 Å². The van der Waals surface area contributed by atoms with Crippen molar-refractivity contribution in [1.29, 1.82) is 0 Å². The van der Waals surface area contributed by atoms with Crippen molar-refractivity contribution in [1.82, 2.24) is 4.98 Å². The number of nitrogens with zero attached hydrogens (tertiary/aromatic N) is 3. The minimum Gasteiger partial charge on any atom is -0.657 e. The van der Waals surface area contributed by atoms with E-state index in [9.17, 15) is 0 Å². The van der Waals surface area contributed by atoms with E-state index in [-0.39, 0.29) is 16.5 Å². The predicted molar refractivity (Wildman–Crippen MR) is 242 cm³/mol. The maximum atomic E-state index is 5.52. The van der Waals surface area contributed by atoms with Gasteiger partial charge < -0.3 is 4.98 Å². The van der Waals surface area contributed by atoms with Crippen LogP contribution < -0.4 is 15.7 Å². The Morgan fingerprint density at radius 3 is 1.03 bits per heavy atom. The predicted octanol–water partition coefficient (Wildman–Crippen LogP) is 10.9. The Kier molecular flexibility index (Phi) is 9.69. The molecule has 0 saturated carbocycles. The summed E-state index contributed by atoms with van der Waals surface area (Å²) in [5.74, 6) is 0. The summed E-state index contributed by atoms with van der Waals surface area (Å²) in [6.45, 7) is 0. The number of aliphatic imine (C=N–C) groups is 2. The Bertz CT molecular complexity index is 3010. The van der Waals surface area contributed by atoms with Crippen molar-refractivity contribution in [3.8, 4) is 22.3 Å². The molecule has 0 fully saturated rings. The van der Waals surface area contributed by atoms with Crippen molar-refractivity contribution in [2.24, 2.45) is 9.98 Å². The normalized spacial score (nSPS) is 14.4. The molecule has 60 heavy (non-hydrogen) atoms. The maximum Gasteiger partial charge on any atom is 2.00 e. The van der Waals surface area contributed by atoms with E-state index in [0.29, 0.717) is 0 Å². The largest absolute Gasteiger partial charge is 2.00 e. The van der Waals surface area contributed by atoms with Gasteiger partial charge in [-0.25, -0.2) is 0 Å².